The van der Waals surface area contributed by atoms with E-state index in [9.17, 15) is 96.6 Å². The minimum atomic E-state index is -9.22. The molecule has 0 radical (unpaired) electrons. The number of hydrogen-bond donors (Lipinski definition) is 0. The van der Waals surface area contributed by atoms with E-state index in [1.54, 1.807) is 0 Å². The highest BCUT2D eigenvalue weighted by molar-refractivity contribution is 5.15. The van der Waals surface area contributed by atoms with Crippen molar-refractivity contribution in [1.29, 1.82) is 0 Å². The van der Waals surface area contributed by atoms with Gasteiger partial charge in [-0.2, -0.15) is 87.8 Å². The van der Waals surface area contributed by atoms with Gasteiger partial charge >= 0.3 is 60.1 Å². The summed E-state index contributed by atoms with van der Waals surface area (Å²) in [6, 6.07) is 0. The minimum Gasteiger partial charge on any atom is -0.268 e. The van der Waals surface area contributed by atoms with Crippen molar-refractivity contribution in [2.24, 2.45) is 0 Å². The van der Waals surface area contributed by atoms with Crippen molar-refractivity contribution in [3.8, 4) is 0 Å². The quantitative estimate of drug-likeness (QED) is 0.318. The summed E-state index contributed by atoms with van der Waals surface area (Å²) in [6.45, 7) is 0. The van der Waals surface area contributed by atoms with Crippen molar-refractivity contribution in [3.63, 3.8) is 0 Å². The van der Waals surface area contributed by atoms with Gasteiger partial charge in [0, 0.05) is 0 Å². The van der Waals surface area contributed by atoms with E-state index in [0.29, 0.717) is 0 Å². The van der Waals surface area contributed by atoms with Crippen LogP contribution in [0.2, 0.25) is 0 Å². The zero-order chi connectivity index (χ0) is 27.7. The van der Waals surface area contributed by atoms with Gasteiger partial charge in [0.15, 0.2) is 0 Å². The molecule has 1 nitrogen and oxygen atoms in total. The third-order valence-corrected chi connectivity index (χ3v) is 3.37. The molecule has 0 heterocycles. The first-order chi connectivity index (χ1) is 13.7. The molecule has 23 heteroatoms. The highest BCUT2D eigenvalue weighted by atomic mass is 19.4. The van der Waals surface area contributed by atoms with E-state index in [4.69, 9.17) is 0 Å². The fraction of sp³-hybridized carbons (Fsp3) is 1.00. The maximum absolute atomic E-state index is 14.0. The molecule has 0 aromatic rings. The Balaban J connectivity index is 7.49. The van der Waals surface area contributed by atoms with E-state index < -0.39 is 60.1 Å². The van der Waals surface area contributed by atoms with Crippen LogP contribution in [0.3, 0.4) is 0 Å². The van der Waals surface area contributed by atoms with E-state index in [2.05, 4.69) is 0 Å². The predicted octanol–water partition coefficient (Wildman–Crippen LogP) is 7.13. The maximum Gasteiger partial charge on any atom is 0.460 e. The SMILES string of the molecule is FC(F)(F)C(F)(F)C(F)(F)C(F)(F)OC(F)(C(F)(F)C(F)(F)F)C(F)(C(F)(F)F)C(F)(F)F. The lowest BCUT2D eigenvalue weighted by Gasteiger charge is -2.46. The Kier molecular flexibility index (Phi) is 7.10. The molecule has 0 fully saturated rings. The van der Waals surface area contributed by atoms with Gasteiger partial charge in [-0.25, -0.2) is 8.78 Å². The minimum absolute atomic E-state index is 0.766. The van der Waals surface area contributed by atoms with Gasteiger partial charge in [0.05, 0.1) is 0 Å². The molecule has 0 rings (SSSR count). The average Bonchev–Trinajstić information content (AvgIpc) is 2.48. The molecule has 200 valence electrons. The van der Waals surface area contributed by atoms with Crippen LogP contribution in [0, 0.1) is 0 Å². The molecule has 0 aromatic carbocycles. The molecule has 33 heavy (non-hydrogen) atoms. The van der Waals surface area contributed by atoms with Crippen LogP contribution < -0.4 is 0 Å². The molecule has 0 N–H and O–H groups in total. The van der Waals surface area contributed by atoms with Crippen LogP contribution >= 0.6 is 0 Å². The second-order valence-corrected chi connectivity index (χ2v) is 5.59. The number of halogens is 22. The Bertz CT molecular complexity index is 689. The van der Waals surface area contributed by atoms with E-state index in [-0.39, 0.29) is 0 Å². The summed E-state index contributed by atoms with van der Waals surface area (Å²) < 4.78 is 279. The van der Waals surface area contributed by atoms with E-state index in [1.807, 2.05) is 0 Å². The summed E-state index contributed by atoms with van der Waals surface area (Å²) >= 11 is 0. The van der Waals surface area contributed by atoms with Crippen LogP contribution in [0.15, 0.2) is 0 Å². The number of ether oxygens (including phenoxy) is 1. The normalized spacial score (nSPS) is 18.4. The Morgan fingerprint density at radius 3 is 0.788 bits per heavy atom. The second kappa shape index (κ2) is 7.46. The van der Waals surface area contributed by atoms with Gasteiger partial charge in [0.2, 0.25) is 0 Å². The van der Waals surface area contributed by atoms with Crippen molar-refractivity contribution in [1.82, 2.24) is 0 Å². The molecular formula is C10F22O. The third kappa shape index (κ3) is 4.21. The standard InChI is InChI=1S/C10F22O/c11-1(6(19,20)21,7(22,23)24)5(18,4(16,17)9(28,29)30)33-10(31,32)3(14,15)2(12,13)8(25,26)27. The second-order valence-electron chi connectivity index (χ2n) is 5.59. The van der Waals surface area contributed by atoms with E-state index >= 15 is 0 Å². The molecule has 0 saturated heterocycles. The Morgan fingerprint density at radius 2 is 0.576 bits per heavy atom. The zero-order valence-corrected chi connectivity index (χ0v) is 13.7. The van der Waals surface area contributed by atoms with Crippen molar-refractivity contribution in [2.45, 2.75) is 60.1 Å². The van der Waals surface area contributed by atoms with Crippen LogP contribution in [-0.4, -0.2) is 60.1 Å². The average molecular weight is 554 g/mol. The van der Waals surface area contributed by atoms with Crippen LogP contribution in [0.4, 0.5) is 96.6 Å². The van der Waals surface area contributed by atoms with Gasteiger partial charge in [0.1, 0.15) is 0 Å². The Morgan fingerprint density at radius 1 is 0.303 bits per heavy atom. The highest BCUT2D eigenvalue weighted by Crippen LogP contribution is 2.65. The number of alkyl halides is 22. The van der Waals surface area contributed by atoms with Gasteiger partial charge in [-0.05, 0) is 0 Å². The van der Waals surface area contributed by atoms with Crippen molar-refractivity contribution >= 4 is 0 Å². The summed E-state index contributed by atoms with van der Waals surface area (Å²) in [5.41, 5.74) is -9.10. The number of rotatable bonds is 6. The van der Waals surface area contributed by atoms with Gasteiger partial charge < -0.3 is 0 Å². The first-order valence-corrected chi connectivity index (χ1v) is 6.57. The van der Waals surface area contributed by atoms with Gasteiger partial charge in [-0.3, -0.25) is 4.74 Å². The molecule has 0 aliphatic heterocycles. The molecule has 0 aliphatic rings. The molecule has 1 unspecified atom stereocenters. The van der Waals surface area contributed by atoms with Crippen molar-refractivity contribution < 1.29 is 101 Å². The Hall–Kier alpha value is -1.58. The lowest BCUT2D eigenvalue weighted by atomic mass is 9.88. The van der Waals surface area contributed by atoms with Gasteiger partial charge in [-0.15, -0.1) is 0 Å². The van der Waals surface area contributed by atoms with Crippen LogP contribution in [0.1, 0.15) is 0 Å². The lowest BCUT2D eigenvalue weighted by Crippen LogP contribution is -2.78. The molecule has 0 aromatic heterocycles. The molecule has 0 bridgehead atoms. The topological polar surface area (TPSA) is 9.23 Å². The highest BCUT2D eigenvalue weighted by Gasteiger charge is 2.96. The molecule has 0 saturated carbocycles. The molecule has 0 aliphatic carbocycles. The summed E-state index contributed by atoms with van der Waals surface area (Å²) in [6.07, 6.45) is -42.3. The van der Waals surface area contributed by atoms with E-state index in [1.165, 1.54) is 0 Å². The fourth-order valence-electron chi connectivity index (χ4n) is 1.66. The first kappa shape index (κ1) is 31.4. The first-order valence-electron chi connectivity index (χ1n) is 6.57. The lowest BCUT2D eigenvalue weighted by molar-refractivity contribution is -0.539. The van der Waals surface area contributed by atoms with Crippen molar-refractivity contribution in [2.75, 3.05) is 0 Å². The number of hydrogen-bond acceptors (Lipinski definition) is 1. The van der Waals surface area contributed by atoms with E-state index in [0.717, 1.165) is 4.74 Å². The summed E-state index contributed by atoms with van der Waals surface area (Å²) in [7, 11) is 0. The monoisotopic (exact) mass is 554 g/mol. The summed E-state index contributed by atoms with van der Waals surface area (Å²) in [5.74, 6) is -35.3. The Labute approximate surface area is 163 Å². The van der Waals surface area contributed by atoms with Crippen LogP contribution in [0.5, 0.6) is 0 Å². The molecule has 0 amide bonds. The largest absolute Gasteiger partial charge is 0.460 e. The summed E-state index contributed by atoms with van der Waals surface area (Å²) in [5, 5.41) is 0. The molecular weight excluding hydrogens is 554 g/mol. The van der Waals surface area contributed by atoms with Crippen LogP contribution in [-0.2, 0) is 4.74 Å². The smallest absolute Gasteiger partial charge is 0.268 e. The zero-order valence-electron chi connectivity index (χ0n) is 13.7. The van der Waals surface area contributed by atoms with Gasteiger partial charge in [-0.1, -0.05) is 0 Å². The van der Waals surface area contributed by atoms with Crippen molar-refractivity contribution in [3.05, 3.63) is 0 Å². The fourth-order valence-corrected chi connectivity index (χ4v) is 1.66. The maximum atomic E-state index is 14.0. The molecule has 1 atom stereocenters. The third-order valence-electron chi connectivity index (χ3n) is 3.37. The van der Waals surface area contributed by atoms with Gasteiger partial charge in [0.25, 0.3) is 0 Å². The van der Waals surface area contributed by atoms with Crippen LogP contribution in [0.25, 0.3) is 0 Å². The predicted molar refractivity (Wildman–Crippen MR) is 52.8 cm³/mol. The molecule has 0 spiro atoms. The summed E-state index contributed by atoms with van der Waals surface area (Å²) in [4.78, 5) is 0.